The van der Waals surface area contributed by atoms with E-state index in [-0.39, 0.29) is 18.1 Å². The summed E-state index contributed by atoms with van der Waals surface area (Å²) < 4.78 is 14.3. The zero-order valence-electron chi connectivity index (χ0n) is 19.8. The van der Waals surface area contributed by atoms with Crippen LogP contribution in [0.1, 0.15) is 15.5 Å². The predicted octanol–water partition coefficient (Wildman–Crippen LogP) is 7.21. The zero-order valence-corrected chi connectivity index (χ0v) is 22.2. The fraction of sp³-hybridized carbons (Fsp3) is 0.107. The average Bonchev–Trinajstić information content (AvgIpc) is 3.57. The van der Waals surface area contributed by atoms with Gasteiger partial charge in [0.05, 0.1) is 27.8 Å². The quantitative estimate of drug-likeness (QED) is 0.136. The Morgan fingerprint density at radius 1 is 0.919 bits per heavy atom. The van der Waals surface area contributed by atoms with Crippen LogP contribution >= 0.6 is 34.7 Å². The van der Waals surface area contributed by atoms with Gasteiger partial charge in [-0.1, -0.05) is 84.0 Å². The number of rotatable bonds is 10. The van der Waals surface area contributed by atoms with Crippen molar-refractivity contribution < 1.29 is 14.3 Å². The zero-order chi connectivity index (χ0) is 25.6. The molecule has 0 N–H and O–H groups in total. The third kappa shape index (κ3) is 5.72. The number of carbonyl (C=O) groups is 1. The maximum Gasteiger partial charge on any atom is 0.196 e. The molecule has 0 unspecified atom stereocenters. The molecule has 6 nitrogen and oxygen atoms in total. The molecule has 0 amide bonds. The van der Waals surface area contributed by atoms with Crippen molar-refractivity contribution >= 4 is 40.5 Å². The number of hydrogen-bond donors (Lipinski definition) is 0. The van der Waals surface area contributed by atoms with Crippen LogP contribution in [0.4, 0.5) is 0 Å². The van der Waals surface area contributed by atoms with E-state index in [1.54, 1.807) is 19.2 Å². The molecule has 5 aromatic rings. The molecule has 0 atom stereocenters. The number of thiophene rings is 1. The number of carbonyl (C=O) groups excluding carboxylic acids is 1. The number of thioether (sulfide) groups is 1. The van der Waals surface area contributed by atoms with Crippen LogP contribution in [0.2, 0.25) is 4.34 Å². The highest BCUT2D eigenvalue weighted by Gasteiger charge is 2.20. The fourth-order valence-electron chi connectivity index (χ4n) is 3.80. The Hall–Kier alpha value is -3.59. The van der Waals surface area contributed by atoms with Gasteiger partial charge in [0.15, 0.2) is 16.8 Å². The molecular formula is C28H22ClN3O3S2. The molecule has 186 valence electrons. The van der Waals surface area contributed by atoms with Crippen LogP contribution < -0.4 is 9.47 Å². The van der Waals surface area contributed by atoms with E-state index in [2.05, 4.69) is 10.2 Å². The van der Waals surface area contributed by atoms with E-state index in [1.807, 2.05) is 83.4 Å². The Bertz CT molecular complexity index is 1520. The van der Waals surface area contributed by atoms with Crippen LogP contribution in [0.5, 0.6) is 11.5 Å². The van der Waals surface area contributed by atoms with Crippen molar-refractivity contribution in [1.82, 2.24) is 14.8 Å². The second-order valence-corrected chi connectivity index (χ2v) is 10.5. The van der Waals surface area contributed by atoms with Gasteiger partial charge in [-0.05, 0) is 35.9 Å². The topological polar surface area (TPSA) is 66.2 Å². The van der Waals surface area contributed by atoms with Gasteiger partial charge >= 0.3 is 0 Å². The molecule has 3 aromatic carbocycles. The monoisotopic (exact) mass is 547 g/mol. The van der Waals surface area contributed by atoms with Crippen molar-refractivity contribution in [3.8, 4) is 28.3 Å². The average molecular weight is 548 g/mol. The van der Waals surface area contributed by atoms with E-state index in [0.717, 1.165) is 22.6 Å². The Balaban J connectivity index is 1.44. The largest absolute Gasteiger partial charge is 0.495 e. The van der Waals surface area contributed by atoms with Crippen LogP contribution in [0, 0.1) is 0 Å². The van der Waals surface area contributed by atoms with Gasteiger partial charge in [0.25, 0.3) is 0 Å². The molecule has 9 heteroatoms. The third-order valence-corrected chi connectivity index (χ3v) is 7.74. The maximum absolute atomic E-state index is 12.7. The van der Waals surface area contributed by atoms with E-state index >= 15 is 0 Å². The van der Waals surface area contributed by atoms with Gasteiger partial charge in [-0.2, -0.15) is 0 Å². The molecule has 0 saturated heterocycles. The summed E-state index contributed by atoms with van der Waals surface area (Å²) in [5, 5.41) is 9.38. The van der Waals surface area contributed by atoms with Crippen molar-refractivity contribution in [2.45, 2.75) is 11.8 Å². The number of ether oxygens (including phenoxy) is 2. The van der Waals surface area contributed by atoms with E-state index < -0.39 is 0 Å². The molecule has 2 aromatic heterocycles. The molecule has 0 aliphatic heterocycles. The highest BCUT2D eigenvalue weighted by Crippen LogP contribution is 2.33. The van der Waals surface area contributed by atoms with Gasteiger partial charge in [-0.25, -0.2) is 0 Å². The lowest BCUT2D eigenvalue weighted by molar-refractivity contribution is 0.102. The van der Waals surface area contributed by atoms with Crippen LogP contribution in [-0.4, -0.2) is 33.4 Å². The van der Waals surface area contributed by atoms with E-state index in [9.17, 15) is 4.79 Å². The standard InChI is InChI=1S/C28H22ClN3O3S2/c1-34-24-14-8-6-12-21(24)32-27(30-31-28(32)36-18-22(33)25-15-16-26(29)37-25)17-35-23-13-7-5-11-20(23)19-9-3-2-4-10-19/h2-16H,17-18H2,1H3. The van der Waals surface area contributed by atoms with Crippen molar-refractivity contribution in [3.05, 3.63) is 106 Å². The Morgan fingerprint density at radius 3 is 2.41 bits per heavy atom. The highest BCUT2D eigenvalue weighted by molar-refractivity contribution is 7.99. The molecule has 0 aliphatic carbocycles. The molecule has 0 saturated carbocycles. The number of hydrogen-bond acceptors (Lipinski definition) is 7. The summed E-state index contributed by atoms with van der Waals surface area (Å²) >= 11 is 8.58. The summed E-state index contributed by atoms with van der Waals surface area (Å²) in [5.41, 5.74) is 2.81. The van der Waals surface area contributed by atoms with Crippen molar-refractivity contribution in [3.63, 3.8) is 0 Å². The second kappa shape index (κ2) is 11.6. The maximum atomic E-state index is 12.7. The van der Waals surface area contributed by atoms with Crippen LogP contribution in [-0.2, 0) is 6.61 Å². The minimum absolute atomic E-state index is 0.0222. The van der Waals surface area contributed by atoms with Crippen molar-refractivity contribution in [2.75, 3.05) is 12.9 Å². The van der Waals surface area contributed by atoms with Crippen LogP contribution in [0.3, 0.4) is 0 Å². The molecular weight excluding hydrogens is 526 g/mol. The van der Waals surface area contributed by atoms with Gasteiger partial charge in [-0.15, -0.1) is 21.5 Å². The first kappa shape index (κ1) is 25.1. The van der Waals surface area contributed by atoms with Crippen LogP contribution in [0.15, 0.2) is 96.2 Å². The SMILES string of the molecule is COc1ccccc1-n1c(COc2ccccc2-c2ccccc2)nnc1SCC(=O)c1ccc(Cl)s1. The van der Waals surface area contributed by atoms with E-state index in [1.165, 1.54) is 23.1 Å². The molecule has 0 spiro atoms. The normalized spacial score (nSPS) is 10.9. The summed E-state index contributed by atoms with van der Waals surface area (Å²) in [6.45, 7) is 0.171. The first-order valence-corrected chi connectivity index (χ1v) is 13.6. The molecule has 0 fully saturated rings. The summed E-state index contributed by atoms with van der Waals surface area (Å²) in [7, 11) is 1.62. The summed E-state index contributed by atoms with van der Waals surface area (Å²) in [4.78, 5) is 13.3. The summed E-state index contributed by atoms with van der Waals surface area (Å²) in [6, 6.07) is 29.1. The van der Waals surface area contributed by atoms with E-state index in [0.29, 0.717) is 25.9 Å². The lowest BCUT2D eigenvalue weighted by atomic mass is 10.1. The number of benzene rings is 3. The highest BCUT2D eigenvalue weighted by atomic mass is 35.5. The Kier molecular flexibility index (Phi) is 7.89. The van der Waals surface area contributed by atoms with Gasteiger partial charge in [0.1, 0.15) is 18.1 Å². The van der Waals surface area contributed by atoms with E-state index in [4.69, 9.17) is 21.1 Å². The Labute approximate surface area is 227 Å². The molecule has 0 aliphatic rings. The van der Waals surface area contributed by atoms with Crippen molar-refractivity contribution in [1.29, 1.82) is 0 Å². The second-order valence-electron chi connectivity index (χ2n) is 7.87. The molecule has 0 bridgehead atoms. The van der Waals surface area contributed by atoms with Gasteiger partial charge in [0.2, 0.25) is 0 Å². The van der Waals surface area contributed by atoms with Crippen molar-refractivity contribution in [2.24, 2.45) is 0 Å². The third-order valence-electron chi connectivity index (χ3n) is 5.54. The molecule has 5 rings (SSSR count). The minimum atomic E-state index is -0.0222. The predicted molar refractivity (Wildman–Crippen MR) is 149 cm³/mol. The number of halogens is 1. The number of ketones is 1. The first-order valence-electron chi connectivity index (χ1n) is 11.4. The molecule has 37 heavy (non-hydrogen) atoms. The number of nitrogens with zero attached hydrogens (tertiary/aromatic N) is 3. The Morgan fingerprint density at radius 2 is 1.65 bits per heavy atom. The first-order chi connectivity index (χ1) is 18.1. The number of para-hydroxylation sites is 3. The molecule has 0 radical (unpaired) electrons. The smallest absolute Gasteiger partial charge is 0.196 e. The summed E-state index contributed by atoms with van der Waals surface area (Å²) in [5.74, 6) is 2.16. The number of aromatic nitrogens is 3. The van der Waals surface area contributed by atoms with Gasteiger partial charge in [0, 0.05) is 5.56 Å². The fourth-order valence-corrected chi connectivity index (χ4v) is 5.72. The van der Waals surface area contributed by atoms with Gasteiger partial charge < -0.3 is 9.47 Å². The number of Topliss-reactive ketones (excluding diaryl/α,β-unsaturated/α-hetero) is 1. The lowest BCUT2D eigenvalue weighted by Gasteiger charge is -2.15. The van der Waals surface area contributed by atoms with Gasteiger partial charge in [-0.3, -0.25) is 9.36 Å². The minimum Gasteiger partial charge on any atom is -0.495 e. The summed E-state index contributed by atoms with van der Waals surface area (Å²) in [6.07, 6.45) is 0. The van der Waals surface area contributed by atoms with Crippen LogP contribution in [0.25, 0.3) is 16.8 Å². The molecule has 2 heterocycles. The lowest BCUT2D eigenvalue weighted by Crippen LogP contribution is -2.09. The number of methoxy groups -OCH3 is 1.